The molecule has 7 nitrogen and oxygen atoms in total. The van der Waals surface area contributed by atoms with Gasteiger partial charge < -0.3 is 19.0 Å². The van der Waals surface area contributed by atoms with Crippen molar-refractivity contribution in [1.82, 2.24) is 15.5 Å². The zero-order valence-corrected chi connectivity index (χ0v) is 14.7. The third kappa shape index (κ3) is 4.90. The molecule has 0 bridgehead atoms. The van der Waals surface area contributed by atoms with Gasteiger partial charge in [0.1, 0.15) is 12.0 Å². The van der Waals surface area contributed by atoms with E-state index in [-0.39, 0.29) is 30.5 Å². The van der Waals surface area contributed by atoms with Gasteiger partial charge in [-0.1, -0.05) is 18.1 Å². The third-order valence-electron chi connectivity index (χ3n) is 3.70. The minimum absolute atomic E-state index is 0.0103. The molecule has 2 aromatic heterocycles. The predicted octanol–water partition coefficient (Wildman–Crippen LogP) is 3.75. The number of halogens is 3. The lowest BCUT2D eigenvalue weighted by molar-refractivity contribution is -0.137. The molecule has 0 spiro atoms. The summed E-state index contributed by atoms with van der Waals surface area (Å²) in [6.45, 7) is 1.84. The van der Waals surface area contributed by atoms with Crippen LogP contribution in [0.3, 0.4) is 0 Å². The summed E-state index contributed by atoms with van der Waals surface area (Å²) < 4.78 is 53.5. The van der Waals surface area contributed by atoms with E-state index in [9.17, 15) is 18.0 Å². The molecule has 3 rings (SSSR count). The molecule has 0 atom stereocenters. The van der Waals surface area contributed by atoms with Gasteiger partial charge in [0.15, 0.2) is 18.1 Å². The summed E-state index contributed by atoms with van der Waals surface area (Å²) in [7, 11) is 0. The van der Waals surface area contributed by atoms with Crippen molar-refractivity contribution >= 4 is 5.91 Å². The first kappa shape index (κ1) is 19.5. The molecule has 0 aliphatic heterocycles. The number of aryl methyl sites for hydroxylation is 1. The molecule has 0 fully saturated rings. The van der Waals surface area contributed by atoms with Crippen LogP contribution < -0.4 is 10.1 Å². The fourth-order valence-electron chi connectivity index (χ4n) is 2.25. The van der Waals surface area contributed by atoms with Crippen LogP contribution in [0.2, 0.25) is 0 Å². The zero-order chi connectivity index (χ0) is 20.1. The monoisotopic (exact) mass is 395 g/mol. The number of nitrogens with zero attached hydrogens (tertiary/aromatic N) is 2. The number of alkyl halides is 3. The molecule has 1 amide bonds. The second-order valence-electron chi connectivity index (χ2n) is 5.76. The Bertz CT molecular complexity index is 949. The highest BCUT2D eigenvalue weighted by atomic mass is 19.4. The van der Waals surface area contributed by atoms with E-state index < -0.39 is 17.6 Å². The van der Waals surface area contributed by atoms with Crippen LogP contribution in [0.5, 0.6) is 5.75 Å². The summed E-state index contributed by atoms with van der Waals surface area (Å²) in [5, 5.41) is 6.42. The highest BCUT2D eigenvalue weighted by Crippen LogP contribution is 2.31. The van der Waals surface area contributed by atoms with Crippen LogP contribution in [0.4, 0.5) is 13.2 Å². The van der Waals surface area contributed by atoms with E-state index in [0.29, 0.717) is 5.76 Å². The Morgan fingerprint density at radius 1 is 1.29 bits per heavy atom. The number of hydrogen-bond acceptors (Lipinski definition) is 6. The predicted molar refractivity (Wildman–Crippen MR) is 89.3 cm³/mol. The first-order chi connectivity index (χ1) is 13.3. The van der Waals surface area contributed by atoms with Crippen LogP contribution >= 0.6 is 0 Å². The summed E-state index contributed by atoms with van der Waals surface area (Å²) in [5.74, 6) is 0.0666. The number of amides is 1. The van der Waals surface area contributed by atoms with Crippen molar-refractivity contribution in [3.05, 3.63) is 65.2 Å². The van der Waals surface area contributed by atoms with Crippen molar-refractivity contribution < 1.29 is 31.6 Å². The Kier molecular flexibility index (Phi) is 5.67. The van der Waals surface area contributed by atoms with Crippen molar-refractivity contribution in [3.8, 4) is 5.75 Å². The topological polar surface area (TPSA) is 90.4 Å². The molecular weight excluding hydrogens is 379 g/mol. The van der Waals surface area contributed by atoms with Crippen molar-refractivity contribution in [2.24, 2.45) is 0 Å². The molecule has 1 aromatic carbocycles. The molecule has 0 aliphatic rings. The Morgan fingerprint density at radius 2 is 2.11 bits per heavy atom. The van der Waals surface area contributed by atoms with E-state index in [4.69, 9.17) is 13.7 Å². The van der Waals surface area contributed by atoms with E-state index in [1.807, 2.05) is 6.92 Å². The zero-order valence-electron chi connectivity index (χ0n) is 14.7. The van der Waals surface area contributed by atoms with Crippen LogP contribution in [-0.4, -0.2) is 16.0 Å². The van der Waals surface area contributed by atoms with E-state index in [2.05, 4.69) is 15.5 Å². The first-order valence-electron chi connectivity index (χ1n) is 8.32. The summed E-state index contributed by atoms with van der Waals surface area (Å²) in [5.41, 5.74) is -0.0336. The van der Waals surface area contributed by atoms with Gasteiger partial charge in [0.2, 0.25) is 5.89 Å². The summed E-state index contributed by atoms with van der Waals surface area (Å²) >= 11 is 0. The smallest absolute Gasteiger partial charge is 0.416 e. The fraction of sp³-hybridized carbons (Fsp3) is 0.278. The fourth-order valence-corrected chi connectivity index (χ4v) is 2.25. The molecule has 1 N–H and O–H groups in total. The molecule has 0 saturated carbocycles. The number of nitrogens with one attached hydrogen (secondary N) is 1. The second-order valence-corrected chi connectivity index (χ2v) is 5.76. The molecule has 28 heavy (non-hydrogen) atoms. The van der Waals surface area contributed by atoms with Gasteiger partial charge in [0.25, 0.3) is 5.91 Å². The number of ether oxygens (including phenoxy) is 1. The van der Waals surface area contributed by atoms with Crippen LogP contribution in [0.25, 0.3) is 0 Å². The van der Waals surface area contributed by atoms with Crippen LogP contribution in [0, 0.1) is 0 Å². The largest absolute Gasteiger partial charge is 0.484 e. The lowest BCUT2D eigenvalue weighted by atomic mass is 10.2. The highest BCUT2D eigenvalue weighted by Gasteiger charge is 2.30. The normalized spacial score (nSPS) is 11.4. The molecule has 0 unspecified atom stereocenters. The number of carbonyl (C=O) groups is 1. The quantitative estimate of drug-likeness (QED) is 0.655. The molecule has 3 aromatic rings. The van der Waals surface area contributed by atoms with Gasteiger partial charge in [-0.2, -0.15) is 13.2 Å². The van der Waals surface area contributed by atoms with E-state index in [1.165, 1.54) is 12.1 Å². The first-order valence-corrected chi connectivity index (χ1v) is 8.32. The molecule has 0 aliphatic carbocycles. The molecular formula is C18H16F3N3O4. The van der Waals surface area contributed by atoms with Crippen molar-refractivity contribution in [1.29, 1.82) is 0 Å². The number of oxazole rings is 1. The van der Waals surface area contributed by atoms with Gasteiger partial charge in [0.05, 0.1) is 17.8 Å². The van der Waals surface area contributed by atoms with E-state index in [0.717, 1.165) is 30.5 Å². The Morgan fingerprint density at radius 3 is 2.82 bits per heavy atom. The SMILES string of the molecule is CCc1cc(CNC(=O)c2coc(COc3cccc(C(F)(F)F)c3)n2)on1. The summed E-state index contributed by atoms with van der Waals surface area (Å²) in [4.78, 5) is 16.0. The Labute approximate surface area is 157 Å². The maximum atomic E-state index is 12.7. The number of rotatable bonds is 7. The van der Waals surface area contributed by atoms with Gasteiger partial charge in [0, 0.05) is 6.07 Å². The molecule has 2 heterocycles. The van der Waals surface area contributed by atoms with Crippen LogP contribution in [0.15, 0.2) is 45.5 Å². The number of hydrogen-bond donors (Lipinski definition) is 1. The van der Waals surface area contributed by atoms with Gasteiger partial charge in [-0.05, 0) is 24.6 Å². The molecule has 0 saturated heterocycles. The van der Waals surface area contributed by atoms with Crippen molar-refractivity contribution in [2.75, 3.05) is 0 Å². The van der Waals surface area contributed by atoms with Gasteiger partial charge in [-0.25, -0.2) is 4.98 Å². The minimum Gasteiger partial charge on any atom is -0.484 e. The molecule has 148 valence electrons. The minimum atomic E-state index is -4.46. The number of aromatic nitrogens is 2. The highest BCUT2D eigenvalue weighted by molar-refractivity contribution is 5.91. The summed E-state index contributed by atoms with van der Waals surface area (Å²) in [6, 6.07) is 6.17. The Hall–Kier alpha value is -3.30. The van der Waals surface area contributed by atoms with Crippen molar-refractivity contribution in [3.63, 3.8) is 0 Å². The average Bonchev–Trinajstić information content (AvgIpc) is 3.33. The van der Waals surface area contributed by atoms with Gasteiger partial charge >= 0.3 is 6.18 Å². The van der Waals surface area contributed by atoms with Crippen LogP contribution in [0.1, 0.15) is 40.3 Å². The van der Waals surface area contributed by atoms with Crippen LogP contribution in [-0.2, 0) is 25.7 Å². The van der Waals surface area contributed by atoms with Crippen molar-refractivity contribution in [2.45, 2.75) is 32.7 Å². The third-order valence-corrected chi connectivity index (χ3v) is 3.70. The Balaban J connectivity index is 1.54. The maximum Gasteiger partial charge on any atom is 0.416 e. The standard InChI is InChI=1S/C18H16F3N3O4/c1-2-12-7-14(28-24-12)8-22-17(25)15-9-27-16(23-15)10-26-13-5-3-4-11(6-13)18(19,20)21/h3-7,9H,2,8,10H2,1H3,(H,22,25). The summed E-state index contributed by atoms with van der Waals surface area (Å²) in [6.07, 6.45) is -2.61. The van der Waals surface area contributed by atoms with E-state index in [1.54, 1.807) is 6.07 Å². The second kappa shape index (κ2) is 8.15. The lowest BCUT2D eigenvalue weighted by Gasteiger charge is -2.09. The lowest BCUT2D eigenvalue weighted by Crippen LogP contribution is -2.23. The molecule has 10 heteroatoms. The maximum absolute atomic E-state index is 12.7. The van der Waals surface area contributed by atoms with Gasteiger partial charge in [-0.3, -0.25) is 4.79 Å². The molecule has 0 radical (unpaired) electrons. The van der Waals surface area contributed by atoms with E-state index >= 15 is 0 Å². The number of benzene rings is 1. The number of carbonyl (C=O) groups excluding carboxylic acids is 1. The van der Waals surface area contributed by atoms with Gasteiger partial charge in [-0.15, -0.1) is 0 Å². The average molecular weight is 395 g/mol.